The lowest BCUT2D eigenvalue weighted by atomic mass is 10.0. The quantitative estimate of drug-likeness (QED) is 0.594. The van der Waals surface area contributed by atoms with Crippen LogP contribution in [0, 0.1) is 6.92 Å². The van der Waals surface area contributed by atoms with Crippen LogP contribution < -0.4 is 10.9 Å². The number of carbonyl (C=O) groups excluding carboxylic acids is 1. The van der Waals surface area contributed by atoms with Crippen LogP contribution in [0.5, 0.6) is 0 Å². The van der Waals surface area contributed by atoms with E-state index in [1.807, 2.05) is 56.3 Å². The zero-order valence-electron chi connectivity index (χ0n) is 15.8. The predicted octanol–water partition coefficient (Wildman–Crippen LogP) is 3.74. The summed E-state index contributed by atoms with van der Waals surface area (Å²) in [4.78, 5) is 25.2. The average Bonchev–Trinajstić information content (AvgIpc) is 2.71. The SMILES string of the molecule is Cc1nn(CC(=O)NC(C)c2ccc3ccccc3c2)c(=O)c2ccccc12. The largest absolute Gasteiger partial charge is 0.348 e. The van der Waals surface area contributed by atoms with Gasteiger partial charge in [-0.3, -0.25) is 9.59 Å². The van der Waals surface area contributed by atoms with Gasteiger partial charge in [0.25, 0.3) is 5.56 Å². The molecule has 1 aromatic heterocycles. The lowest BCUT2D eigenvalue weighted by molar-refractivity contribution is -0.122. The Hall–Kier alpha value is -3.47. The number of aryl methyl sites for hydroxylation is 1. The lowest BCUT2D eigenvalue weighted by Crippen LogP contribution is -2.35. The molecule has 1 unspecified atom stereocenters. The van der Waals surface area contributed by atoms with Crippen LogP contribution in [-0.4, -0.2) is 15.7 Å². The number of carbonyl (C=O) groups is 1. The molecule has 3 aromatic carbocycles. The Balaban J connectivity index is 1.54. The molecule has 4 rings (SSSR count). The number of benzene rings is 3. The van der Waals surface area contributed by atoms with E-state index in [-0.39, 0.29) is 24.1 Å². The van der Waals surface area contributed by atoms with Crippen molar-refractivity contribution in [3.63, 3.8) is 0 Å². The first-order valence-electron chi connectivity index (χ1n) is 9.27. The third kappa shape index (κ3) is 3.39. The van der Waals surface area contributed by atoms with Crippen LogP contribution in [-0.2, 0) is 11.3 Å². The van der Waals surface area contributed by atoms with Crippen LogP contribution in [0.25, 0.3) is 21.5 Å². The first-order chi connectivity index (χ1) is 13.5. The van der Waals surface area contributed by atoms with Gasteiger partial charge in [-0.1, -0.05) is 54.6 Å². The van der Waals surface area contributed by atoms with Crippen LogP contribution in [0.15, 0.2) is 71.5 Å². The van der Waals surface area contributed by atoms with Crippen molar-refractivity contribution in [2.45, 2.75) is 26.4 Å². The number of aromatic nitrogens is 2. The van der Waals surface area contributed by atoms with Crippen LogP contribution in [0.3, 0.4) is 0 Å². The lowest BCUT2D eigenvalue weighted by Gasteiger charge is -2.16. The Labute approximate surface area is 162 Å². The Bertz CT molecular complexity index is 1240. The highest BCUT2D eigenvalue weighted by Gasteiger charge is 2.14. The second-order valence-electron chi connectivity index (χ2n) is 6.99. The molecule has 0 bridgehead atoms. The van der Waals surface area contributed by atoms with E-state index in [4.69, 9.17) is 0 Å². The van der Waals surface area contributed by atoms with Crippen LogP contribution in [0.2, 0.25) is 0 Å². The molecule has 0 spiro atoms. The van der Waals surface area contributed by atoms with Gasteiger partial charge in [0.1, 0.15) is 6.54 Å². The second kappa shape index (κ2) is 7.27. The maximum atomic E-state index is 12.6. The summed E-state index contributed by atoms with van der Waals surface area (Å²) in [6, 6.07) is 21.4. The van der Waals surface area contributed by atoms with E-state index in [0.29, 0.717) is 5.39 Å². The minimum Gasteiger partial charge on any atom is -0.348 e. The highest BCUT2D eigenvalue weighted by Crippen LogP contribution is 2.20. The minimum atomic E-state index is -0.255. The molecule has 0 aliphatic carbocycles. The Kier molecular flexibility index (Phi) is 4.65. The van der Waals surface area contributed by atoms with Gasteiger partial charge in [-0.25, -0.2) is 4.68 Å². The molecule has 1 N–H and O–H groups in total. The molecule has 0 fully saturated rings. The van der Waals surface area contributed by atoms with Crippen molar-refractivity contribution < 1.29 is 4.79 Å². The van der Waals surface area contributed by atoms with Gasteiger partial charge < -0.3 is 5.32 Å². The summed E-state index contributed by atoms with van der Waals surface area (Å²) in [6.45, 7) is 3.67. The summed E-state index contributed by atoms with van der Waals surface area (Å²) < 4.78 is 1.24. The van der Waals surface area contributed by atoms with E-state index in [0.717, 1.165) is 27.4 Å². The van der Waals surface area contributed by atoms with E-state index in [1.54, 1.807) is 6.07 Å². The smallest absolute Gasteiger partial charge is 0.275 e. The zero-order chi connectivity index (χ0) is 19.7. The summed E-state index contributed by atoms with van der Waals surface area (Å²) in [5.41, 5.74) is 1.49. The zero-order valence-corrected chi connectivity index (χ0v) is 15.8. The van der Waals surface area contributed by atoms with Crippen LogP contribution in [0.4, 0.5) is 0 Å². The first-order valence-corrected chi connectivity index (χ1v) is 9.27. The molecule has 0 aliphatic heterocycles. The molecule has 0 saturated heterocycles. The van der Waals surface area contributed by atoms with Gasteiger partial charge in [-0.15, -0.1) is 0 Å². The topological polar surface area (TPSA) is 64.0 Å². The van der Waals surface area contributed by atoms with Gasteiger partial charge in [-0.2, -0.15) is 5.10 Å². The Morgan fingerprint density at radius 3 is 2.46 bits per heavy atom. The summed E-state index contributed by atoms with van der Waals surface area (Å²) in [5.74, 6) is -0.245. The number of hydrogen-bond acceptors (Lipinski definition) is 3. The fourth-order valence-electron chi connectivity index (χ4n) is 3.50. The van der Waals surface area contributed by atoms with Gasteiger partial charge in [-0.05, 0) is 42.3 Å². The molecule has 140 valence electrons. The first kappa shape index (κ1) is 17.9. The van der Waals surface area contributed by atoms with E-state index in [2.05, 4.69) is 28.6 Å². The number of amides is 1. The molecule has 5 heteroatoms. The maximum Gasteiger partial charge on any atom is 0.275 e. The number of nitrogens with one attached hydrogen (secondary N) is 1. The predicted molar refractivity (Wildman–Crippen MR) is 111 cm³/mol. The molecule has 0 radical (unpaired) electrons. The number of nitrogens with zero attached hydrogens (tertiary/aromatic N) is 2. The van der Waals surface area contributed by atoms with Crippen molar-refractivity contribution in [2.75, 3.05) is 0 Å². The van der Waals surface area contributed by atoms with Gasteiger partial charge >= 0.3 is 0 Å². The van der Waals surface area contributed by atoms with Crippen molar-refractivity contribution in [3.8, 4) is 0 Å². The number of fused-ring (bicyclic) bond motifs is 2. The number of hydrogen-bond donors (Lipinski definition) is 1. The molecule has 5 nitrogen and oxygen atoms in total. The van der Waals surface area contributed by atoms with Crippen molar-refractivity contribution >= 4 is 27.5 Å². The third-order valence-corrected chi connectivity index (χ3v) is 5.00. The molecule has 1 atom stereocenters. The Morgan fingerprint density at radius 1 is 1.00 bits per heavy atom. The highest BCUT2D eigenvalue weighted by molar-refractivity contribution is 5.84. The second-order valence-corrected chi connectivity index (χ2v) is 6.99. The van der Waals surface area contributed by atoms with Gasteiger partial charge in [0.15, 0.2) is 0 Å². The van der Waals surface area contributed by atoms with Crippen molar-refractivity contribution in [1.29, 1.82) is 0 Å². The summed E-state index contributed by atoms with van der Waals surface area (Å²) >= 11 is 0. The normalized spacial score (nSPS) is 12.2. The van der Waals surface area contributed by atoms with E-state index >= 15 is 0 Å². The molecule has 0 aliphatic rings. The molecule has 0 saturated carbocycles. The molecule has 1 heterocycles. The van der Waals surface area contributed by atoms with Crippen molar-refractivity contribution in [1.82, 2.24) is 15.1 Å². The van der Waals surface area contributed by atoms with E-state index < -0.39 is 0 Å². The molecular formula is C23H21N3O2. The highest BCUT2D eigenvalue weighted by atomic mass is 16.2. The fourth-order valence-corrected chi connectivity index (χ4v) is 3.50. The average molecular weight is 371 g/mol. The van der Waals surface area contributed by atoms with Crippen LogP contribution in [0.1, 0.15) is 24.2 Å². The summed E-state index contributed by atoms with van der Waals surface area (Å²) in [7, 11) is 0. The van der Waals surface area contributed by atoms with Crippen molar-refractivity contribution in [3.05, 3.63) is 88.3 Å². The number of rotatable bonds is 4. The summed E-state index contributed by atoms with van der Waals surface area (Å²) in [6.07, 6.45) is 0. The Morgan fingerprint density at radius 2 is 1.68 bits per heavy atom. The van der Waals surface area contributed by atoms with E-state index in [9.17, 15) is 9.59 Å². The molecule has 4 aromatic rings. The van der Waals surface area contributed by atoms with Crippen LogP contribution >= 0.6 is 0 Å². The maximum absolute atomic E-state index is 12.6. The fraction of sp³-hybridized carbons (Fsp3) is 0.174. The van der Waals surface area contributed by atoms with Gasteiger partial charge in [0, 0.05) is 5.39 Å². The van der Waals surface area contributed by atoms with Gasteiger partial charge in [0.2, 0.25) is 5.91 Å². The standard InChI is InChI=1S/C23H21N3O2/c1-15(18-12-11-17-7-3-4-8-19(17)13-18)24-22(27)14-26-23(28)21-10-6-5-9-20(21)16(2)25-26/h3-13,15H,14H2,1-2H3,(H,24,27). The van der Waals surface area contributed by atoms with Gasteiger partial charge in [0.05, 0.1) is 17.1 Å². The minimum absolute atomic E-state index is 0.109. The van der Waals surface area contributed by atoms with Crippen molar-refractivity contribution in [2.24, 2.45) is 0 Å². The van der Waals surface area contributed by atoms with E-state index in [1.165, 1.54) is 4.68 Å². The third-order valence-electron chi connectivity index (χ3n) is 5.00. The summed E-state index contributed by atoms with van der Waals surface area (Å²) in [5, 5.41) is 10.9. The molecular weight excluding hydrogens is 350 g/mol. The molecule has 1 amide bonds. The molecule has 28 heavy (non-hydrogen) atoms. The monoisotopic (exact) mass is 371 g/mol.